The van der Waals surface area contributed by atoms with Crippen molar-refractivity contribution in [3.05, 3.63) is 48.5 Å². The molecule has 2 rings (SSSR count). The predicted octanol–water partition coefficient (Wildman–Crippen LogP) is 1.80. The van der Waals surface area contributed by atoms with Gasteiger partial charge in [-0.25, -0.2) is 26.3 Å². The minimum absolute atomic E-state index is 0.00686. The number of hydrogen-bond acceptors (Lipinski definition) is 6. The van der Waals surface area contributed by atoms with Gasteiger partial charge in [0, 0.05) is 18.7 Å². The fourth-order valence-electron chi connectivity index (χ4n) is 2.26. The Bertz CT molecular complexity index is 1120. The largest absolute Gasteiger partial charge is 0.573 e. The maximum absolute atomic E-state index is 12.2. The molecule has 0 aliphatic carbocycles. The van der Waals surface area contributed by atoms with Gasteiger partial charge < -0.3 is 10.1 Å². The zero-order valence-electron chi connectivity index (χ0n) is 15.9. The molecule has 0 bridgehead atoms. The van der Waals surface area contributed by atoms with E-state index in [1.807, 2.05) is 0 Å². The number of anilines is 1. The van der Waals surface area contributed by atoms with Gasteiger partial charge in [-0.3, -0.25) is 4.79 Å². The van der Waals surface area contributed by atoms with Gasteiger partial charge in [0.2, 0.25) is 26.0 Å². The predicted molar refractivity (Wildman–Crippen MR) is 104 cm³/mol. The summed E-state index contributed by atoms with van der Waals surface area (Å²) < 4.78 is 92.0. The first-order valence-corrected chi connectivity index (χ1v) is 11.5. The lowest BCUT2D eigenvalue weighted by atomic mass is 10.3. The number of nitrogens with one attached hydrogen (secondary N) is 3. The Balaban J connectivity index is 1.88. The summed E-state index contributed by atoms with van der Waals surface area (Å²) in [5.74, 6) is -1.11. The van der Waals surface area contributed by atoms with E-state index < -0.39 is 38.1 Å². The van der Waals surface area contributed by atoms with Crippen LogP contribution in [0.25, 0.3) is 0 Å². The summed E-state index contributed by atoms with van der Waals surface area (Å²) in [4.78, 5) is 11.7. The molecule has 0 saturated heterocycles. The van der Waals surface area contributed by atoms with Crippen LogP contribution in [-0.2, 0) is 24.8 Å². The molecule has 0 aromatic heterocycles. The van der Waals surface area contributed by atoms with E-state index in [1.54, 1.807) is 0 Å². The average molecular weight is 481 g/mol. The SMILES string of the molecule is CNS(=O)(=O)c1ccc(NC(=O)CCNS(=O)(=O)c2ccc(OC(F)(F)F)cc2)cc1. The van der Waals surface area contributed by atoms with Gasteiger partial charge in [-0.1, -0.05) is 0 Å². The molecule has 0 heterocycles. The molecule has 3 N–H and O–H groups in total. The zero-order valence-corrected chi connectivity index (χ0v) is 17.6. The highest BCUT2D eigenvalue weighted by Crippen LogP contribution is 2.23. The Hall–Kier alpha value is -2.68. The summed E-state index contributed by atoms with van der Waals surface area (Å²) in [5, 5.41) is 2.48. The Labute approximate surface area is 176 Å². The number of halogens is 3. The maximum atomic E-state index is 12.2. The van der Waals surface area contributed by atoms with Crippen LogP contribution < -0.4 is 19.5 Å². The molecule has 2 aromatic carbocycles. The lowest BCUT2D eigenvalue weighted by Gasteiger charge is -2.10. The highest BCUT2D eigenvalue weighted by Gasteiger charge is 2.31. The van der Waals surface area contributed by atoms with E-state index in [-0.39, 0.29) is 22.8 Å². The van der Waals surface area contributed by atoms with Crippen LogP contribution in [0.1, 0.15) is 6.42 Å². The van der Waals surface area contributed by atoms with Gasteiger partial charge in [0.1, 0.15) is 5.75 Å². The van der Waals surface area contributed by atoms with Crippen LogP contribution in [-0.4, -0.2) is 42.7 Å². The standard InChI is InChI=1S/C17H18F3N3O6S2/c1-21-30(25,26)14-6-2-12(3-7-14)23-16(24)10-11-22-31(27,28)15-8-4-13(5-9-15)29-17(18,19)20/h2-9,21-22H,10-11H2,1H3,(H,23,24). The summed E-state index contributed by atoms with van der Waals surface area (Å²) in [6.45, 7) is -0.277. The molecule has 170 valence electrons. The van der Waals surface area contributed by atoms with Crippen LogP contribution in [0, 0.1) is 0 Å². The molecule has 2 aromatic rings. The summed E-state index contributed by atoms with van der Waals surface area (Å²) in [5.41, 5.74) is 0.308. The Morgan fingerprint density at radius 2 is 1.42 bits per heavy atom. The number of amides is 1. The van der Waals surface area contributed by atoms with Gasteiger partial charge in [0.05, 0.1) is 9.79 Å². The van der Waals surface area contributed by atoms with Crippen molar-refractivity contribution < 1.29 is 39.5 Å². The number of ether oxygens (including phenoxy) is 1. The van der Waals surface area contributed by atoms with E-state index in [0.717, 1.165) is 24.3 Å². The molecule has 1 amide bonds. The normalized spacial score (nSPS) is 12.4. The third kappa shape index (κ3) is 7.50. The summed E-state index contributed by atoms with van der Waals surface area (Å²) >= 11 is 0. The van der Waals surface area contributed by atoms with Crippen molar-refractivity contribution >= 4 is 31.6 Å². The second-order valence-electron chi connectivity index (χ2n) is 5.95. The van der Waals surface area contributed by atoms with Crippen molar-refractivity contribution in [2.75, 3.05) is 18.9 Å². The molecule has 0 unspecified atom stereocenters. The van der Waals surface area contributed by atoms with Crippen molar-refractivity contribution in [1.29, 1.82) is 0 Å². The molecular weight excluding hydrogens is 463 g/mol. The van der Waals surface area contributed by atoms with Crippen LogP contribution >= 0.6 is 0 Å². The number of benzene rings is 2. The highest BCUT2D eigenvalue weighted by atomic mass is 32.2. The maximum Gasteiger partial charge on any atom is 0.573 e. The summed E-state index contributed by atoms with van der Waals surface area (Å²) in [6, 6.07) is 8.90. The quantitative estimate of drug-likeness (QED) is 0.501. The molecule has 0 aliphatic heterocycles. The van der Waals surface area contributed by atoms with Crippen LogP contribution in [0.4, 0.5) is 18.9 Å². The highest BCUT2D eigenvalue weighted by molar-refractivity contribution is 7.89. The van der Waals surface area contributed by atoms with E-state index >= 15 is 0 Å². The topological polar surface area (TPSA) is 131 Å². The van der Waals surface area contributed by atoms with Crippen molar-refractivity contribution in [3.8, 4) is 5.75 Å². The van der Waals surface area contributed by atoms with Gasteiger partial charge in [0.15, 0.2) is 0 Å². The van der Waals surface area contributed by atoms with Crippen LogP contribution in [0.3, 0.4) is 0 Å². The van der Waals surface area contributed by atoms with Crippen LogP contribution in [0.2, 0.25) is 0 Å². The second-order valence-corrected chi connectivity index (χ2v) is 9.60. The lowest BCUT2D eigenvalue weighted by molar-refractivity contribution is -0.274. The van der Waals surface area contributed by atoms with Gasteiger partial charge >= 0.3 is 6.36 Å². The third-order valence-electron chi connectivity index (χ3n) is 3.73. The van der Waals surface area contributed by atoms with Crippen LogP contribution in [0.15, 0.2) is 58.3 Å². The molecule has 0 atom stereocenters. The van der Waals surface area contributed by atoms with Gasteiger partial charge in [0.25, 0.3) is 0 Å². The van der Waals surface area contributed by atoms with Gasteiger partial charge in [-0.15, -0.1) is 13.2 Å². The first-order chi connectivity index (χ1) is 14.3. The second kappa shape index (κ2) is 9.64. The van der Waals surface area contributed by atoms with E-state index in [1.165, 1.54) is 31.3 Å². The molecule has 0 fully saturated rings. The smallest absolute Gasteiger partial charge is 0.406 e. The fraction of sp³-hybridized carbons (Fsp3) is 0.235. The number of hydrogen-bond donors (Lipinski definition) is 3. The Kier molecular flexibility index (Phi) is 7.64. The van der Waals surface area contributed by atoms with E-state index in [4.69, 9.17) is 0 Å². The van der Waals surface area contributed by atoms with E-state index in [9.17, 15) is 34.8 Å². The van der Waals surface area contributed by atoms with E-state index in [0.29, 0.717) is 5.69 Å². The number of rotatable bonds is 9. The van der Waals surface area contributed by atoms with E-state index in [2.05, 4.69) is 19.5 Å². The Morgan fingerprint density at radius 3 is 1.94 bits per heavy atom. The molecule has 0 saturated carbocycles. The lowest BCUT2D eigenvalue weighted by Crippen LogP contribution is -2.28. The van der Waals surface area contributed by atoms with Gasteiger partial charge in [-0.2, -0.15) is 0 Å². The van der Waals surface area contributed by atoms with Gasteiger partial charge in [-0.05, 0) is 55.6 Å². The fourth-order valence-corrected chi connectivity index (χ4v) is 4.02. The first-order valence-electron chi connectivity index (χ1n) is 8.51. The monoisotopic (exact) mass is 481 g/mol. The molecule has 0 spiro atoms. The van der Waals surface area contributed by atoms with Crippen molar-refractivity contribution in [3.63, 3.8) is 0 Å². The minimum atomic E-state index is -4.90. The molecule has 9 nitrogen and oxygen atoms in total. The molecule has 31 heavy (non-hydrogen) atoms. The number of sulfonamides is 2. The number of alkyl halides is 3. The third-order valence-corrected chi connectivity index (χ3v) is 6.64. The number of carbonyl (C=O) groups excluding carboxylic acids is 1. The summed E-state index contributed by atoms with van der Waals surface area (Å²) in [6.07, 6.45) is -5.14. The molecule has 0 aliphatic rings. The molecule has 14 heteroatoms. The van der Waals surface area contributed by atoms with Crippen molar-refractivity contribution in [2.24, 2.45) is 0 Å². The van der Waals surface area contributed by atoms with Crippen molar-refractivity contribution in [2.45, 2.75) is 22.6 Å². The van der Waals surface area contributed by atoms with Crippen molar-refractivity contribution in [1.82, 2.24) is 9.44 Å². The minimum Gasteiger partial charge on any atom is -0.406 e. The molecule has 0 radical (unpaired) electrons. The first kappa shape index (κ1) is 24.6. The average Bonchev–Trinajstić information content (AvgIpc) is 2.67. The molecular formula is C17H18F3N3O6S2. The summed E-state index contributed by atoms with van der Waals surface area (Å²) in [7, 11) is -6.41. The van der Waals surface area contributed by atoms with Crippen LogP contribution in [0.5, 0.6) is 5.75 Å². The Morgan fingerprint density at radius 1 is 0.903 bits per heavy atom. The zero-order chi connectivity index (χ0) is 23.3. The number of carbonyl (C=O) groups is 1.